The van der Waals surface area contributed by atoms with Gasteiger partial charge < -0.3 is 24.3 Å². The first-order valence-electron chi connectivity index (χ1n) is 12.7. The molecule has 1 aromatic rings. The number of hydrogen-bond acceptors (Lipinski definition) is 8. The smallest absolute Gasteiger partial charge is 0.325 e. The highest BCUT2D eigenvalue weighted by atomic mass is 17.3. The fourth-order valence-corrected chi connectivity index (χ4v) is 6.29. The summed E-state index contributed by atoms with van der Waals surface area (Å²) in [4.78, 5) is 35.8. The van der Waals surface area contributed by atoms with Gasteiger partial charge in [-0.15, -0.1) is 0 Å². The highest BCUT2D eigenvalue weighted by Crippen LogP contribution is 2.60. The predicted molar refractivity (Wildman–Crippen MR) is 123 cm³/mol. The number of fused-ring (bicyclic) bond motifs is 2. The number of rotatable bonds is 6. The second kappa shape index (κ2) is 9.35. The van der Waals surface area contributed by atoms with Crippen LogP contribution in [-0.4, -0.2) is 49.0 Å². The number of carbonyl (C=O) groups excluding carboxylic acids is 2. The van der Waals surface area contributed by atoms with Crippen LogP contribution in [-0.2, 0) is 28.8 Å². The lowest BCUT2D eigenvalue weighted by Gasteiger charge is -2.60. The SMILES string of the molecule is CCOC(=O)CNC(=O)c1ccc(O[C@H]2O[C@@H]3O[C@]4(C)CCC5[C@H](C)CCC([C@H]2C)[C@]53OO4)cc1. The summed E-state index contributed by atoms with van der Waals surface area (Å²) in [5.41, 5.74) is -0.210. The molecular weight excluding hydrogens is 454 g/mol. The highest BCUT2D eigenvalue weighted by molar-refractivity contribution is 5.96. The molecular formula is C26H35NO8. The lowest BCUT2D eigenvalue weighted by atomic mass is 9.58. The number of hydrogen-bond donors (Lipinski definition) is 1. The van der Waals surface area contributed by atoms with Gasteiger partial charge in [0.25, 0.3) is 5.91 Å². The molecule has 1 saturated carbocycles. The van der Waals surface area contributed by atoms with E-state index in [4.69, 9.17) is 28.7 Å². The maximum atomic E-state index is 12.3. The number of amides is 1. The van der Waals surface area contributed by atoms with E-state index in [0.717, 1.165) is 25.7 Å². The Kier molecular flexibility index (Phi) is 6.54. The van der Waals surface area contributed by atoms with E-state index in [1.54, 1.807) is 31.2 Å². The van der Waals surface area contributed by atoms with E-state index in [2.05, 4.69) is 19.2 Å². The predicted octanol–water partition coefficient (Wildman–Crippen LogP) is 3.57. The molecule has 35 heavy (non-hydrogen) atoms. The molecule has 192 valence electrons. The Balaban J connectivity index is 1.29. The molecule has 9 nitrogen and oxygen atoms in total. The molecule has 6 rings (SSSR count). The van der Waals surface area contributed by atoms with Crippen LogP contribution in [0.5, 0.6) is 5.75 Å². The number of carbonyl (C=O) groups is 2. The van der Waals surface area contributed by atoms with Gasteiger partial charge in [0.15, 0.2) is 11.9 Å². The quantitative estimate of drug-likeness (QED) is 0.478. The molecule has 2 unspecified atom stereocenters. The largest absolute Gasteiger partial charge is 0.465 e. The van der Waals surface area contributed by atoms with Crippen molar-refractivity contribution in [1.29, 1.82) is 0 Å². The topological polar surface area (TPSA) is 102 Å². The van der Waals surface area contributed by atoms with Crippen molar-refractivity contribution in [2.24, 2.45) is 23.7 Å². The third-order valence-electron chi connectivity index (χ3n) is 8.16. The minimum absolute atomic E-state index is 0.0449. The molecule has 5 aliphatic rings. The second-order valence-corrected chi connectivity index (χ2v) is 10.4. The van der Waals surface area contributed by atoms with Gasteiger partial charge in [0.05, 0.1) is 6.61 Å². The van der Waals surface area contributed by atoms with Crippen molar-refractivity contribution < 1.29 is 38.3 Å². The van der Waals surface area contributed by atoms with Crippen LogP contribution in [0.15, 0.2) is 24.3 Å². The molecule has 1 aromatic carbocycles. The standard InChI is InChI=1S/C26H35NO8/c1-5-30-21(28)14-27-22(29)17-7-9-18(10-8-17)31-23-16(3)20-11-6-15(2)19-12-13-25(4)33-24(32-23)26(19,20)35-34-25/h7-10,15-16,19-20,23-24H,5-6,11-14H2,1-4H3,(H,27,29)/t15-,16-,19?,20?,23+,24-,25+,26-/m1/s1. The van der Waals surface area contributed by atoms with Crippen LogP contribution in [0, 0.1) is 23.7 Å². The van der Waals surface area contributed by atoms with Crippen LogP contribution in [0.1, 0.15) is 63.7 Å². The molecule has 9 heteroatoms. The first kappa shape index (κ1) is 24.5. The zero-order valence-electron chi connectivity index (χ0n) is 20.8. The molecule has 0 aromatic heterocycles. The van der Waals surface area contributed by atoms with Crippen molar-refractivity contribution in [3.63, 3.8) is 0 Å². The summed E-state index contributed by atoms with van der Waals surface area (Å²) in [6.07, 6.45) is 2.75. The average Bonchev–Trinajstić information content (AvgIpc) is 3.07. The average molecular weight is 490 g/mol. The van der Waals surface area contributed by atoms with E-state index in [-0.39, 0.29) is 30.9 Å². The van der Waals surface area contributed by atoms with Gasteiger partial charge in [-0.05, 0) is 69.2 Å². The summed E-state index contributed by atoms with van der Waals surface area (Å²) >= 11 is 0. The molecule has 2 bridgehead atoms. The molecule has 1 amide bonds. The van der Waals surface area contributed by atoms with Crippen LogP contribution < -0.4 is 10.1 Å². The minimum atomic E-state index is -0.832. The Hall–Kier alpha value is -2.20. The first-order chi connectivity index (χ1) is 16.8. The summed E-state index contributed by atoms with van der Waals surface area (Å²) in [6.45, 7) is 8.14. The van der Waals surface area contributed by atoms with Gasteiger partial charge in [-0.25, -0.2) is 9.78 Å². The zero-order valence-corrected chi connectivity index (χ0v) is 20.8. The summed E-state index contributed by atoms with van der Waals surface area (Å²) in [5.74, 6) is -0.0671. The van der Waals surface area contributed by atoms with Crippen molar-refractivity contribution in [1.82, 2.24) is 5.32 Å². The Morgan fingerprint density at radius 3 is 2.60 bits per heavy atom. The molecule has 1 spiro atoms. The van der Waals surface area contributed by atoms with Crippen LogP contribution in [0.3, 0.4) is 0 Å². The molecule has 4 saturated heterocycles. The molecule has 5 fully saturated rings. The van der Waals surface area contributed by atoms with Gasteiger partial charge in [0.1, 0.15) is 12.3 Å². The lowest BCUT2D eigenvalue weighted by molar-refractivity contribution is -0.575. The van der Waals surface area contributed by atoms with Gasteiger partial charge >= 0.3 is 5.97 Å². The summed E-state index contributed by atoms with van der Waals surface area (Å²) < 4.78 is 23.9. The number of benzene rings is 1. The van der Waals surface area contributed by atoms with Crippen LogP contribution in [0.2, 0.25) is 0 Å². The van der Waals surface area contributed by atoms with Crippen LogP contribution in [0.25, 0.3) is 0 Å². The van der Waals surface area contributed by atoms with Gasteiger partial charge in [0, 0.05) is 23.8 Å². The maximum absolute atomic E-state index is 12.3. The maximum Gasteiger partial charge on any atom is 0.325 e. The Bertz CT molecular complexity index is 953. The van der Waals surface area contributed by atoms with Crippen molar-refractivity contribution in [2.75, 3.05) is 13.2 Å². The van der Waals surface area contributed by atoms with Gasteiger partial charge in [-0.2, -0.15) is 0 Å². The van der Waals surface area contributed by atoms with E-state index in [1.165, 1.54) is 0 Å². The third-order valence-corrected chi connectivity index (χ3v) is 8.16. The highest BCUT2D eigenvalue weighted by Gasteiger charge is 2.69. The Morgan fingerprint density at radius 1 is 1.09 bits per heavy atom. The Morgan fingerprint density at radius 2 is 1.86 bits per heavy atom. The van der Waals surface area contributed by atoms with Gasteiger partial charge in [0.2, 0.25) is 12.1 Å². The molecule has 0 radical (unpaired) electrons. The van der Waals surface area contributed by atoms with E-state index in [1.807, 2.05) is 6.92 Å². The summed E-state index contributed by atoms with van der Waals surface area (Å²) in [5, 5.41) is 2.55. The molecule has 4 heterocycles. The van der Waals surface area contributed by atoms with Gasteiger partial charge in [-0.3, -0.25) is 9.59 Å². The minimum Gasteiger partial charge on any atom is -0.465 e. The third kappa shape index (κ3) is 4.33. The summed E-state index contributed by atoms with van der Waals surface area (Å²) in [7, 11) is 0. The second-order valence-electron chi connectivity index (χ2n) is 10.4. The summed E-state index contributed by atoms with van der Waals surface area (Å²) in [6, 6.07) is 6.77. The van der Waals surface area contributed by atoms with Crippen LogP contribution >= 0.6 is 0 Å². The van der Waals surface area contributed by atoms with Crippen LogP contribution in [0.4, 0.5) is 0 Å². The number of nitrogens with one attached hydrogen (secondary N) is 1. The van der Waals surface area contributed by atoms with E-state index in [9.17, 15) is 9.59 Å². The fourth-order valence-electron chi connectivity index (χ4n) is 6.29. The molecule has 4 aliphatic heterocycles. The lowest BCUT2D eigenvalue weighted by Crippen LogP contribution is -2.70. The first-order valence-corrected chi connectivity index (χ1v) is 12.7. The monoisotopic (exact) mass is 489 g/mol. The Labute approximate surface area is 205 Å². The number of esters is 1. The van der Waals surface area contributed by atoms with Crippen molar-refractivity contribution >= 4 is 11.9 Å². The molecule has 8 atom stereocenters. The fraction of sp³-hybridized carbons (Fsp3) is 0.692. The molecule has 1 N–H and O–H groups in total. The van der Waals surface area contributed by atoms with Crippen molar-refractivity contribution in [3.05, 3.63) is 29.8 Å². The zero-order chi connectivity index (χ0) is 24.8. The molecule has 1 aliphatic carbocycles. The van der Waals surface area contributed by atoms with E-state index >= 15 is 0 Å². The normalized spacial score (nSPS) is 39.8. The van der Waals surface area contributed by atoms with E-state index in [0.29, 0.717) is 23.1 Å². The van der Waals surface area contributed by atoms with Crippen molar-refractivity contribution in [3.8, 4) is 5.75 Å². The number of ether oxygens (including phenoxy) is 4. The van der Waals surface area contributed by atoms with Crippen molar-refractivity contribution in [2.45, 2.75) is 77.3 Å². The van der Waals surface area contributed by atoms with Gasteiger partial charge in [-0.1, -0.05) is 13.8 Å². The van der Waals surface area contributed by atoms with E-state index < -0.39 is 29.9 Å².